The van der Waals surface area contributed by atoms with E-state index in [4.69, 9.17) is 11.6 Å². The van der Waals surface area contributed by atoms with Crippen LogP contribution in [0.1, 0.15) is 23.6 Å². The van der Waals surface area contributed by atoms with Crippen molar-refractivity contribution in [2.45, 2.75) is 38.1 Å². The summed E-state index contributed by atoms with van der Waals surface area (Å²) in [5, 5.41) is 27.3. The van der Waals surface area contributed by atoms with Crippen molar-refractivity contribution in [3.05, 3.63) is 47.0 Å². The first kappa shape index (κ1) is 20.2. The molecule has 2 aromatic heterocycles. The molecule has 2 aliphatic rings. The summed E-state index contributed by atoms with van der Waals surface area (Å²) in [7, 11) is 1.53. The molecule has 0 saturated heterocycles. The van der Waals surface area contributed by atoms with E-state index in [1.165, 1.54) is 7.05 Å². The van der Waals surface area contributed by atoms with Gasteiger partial charge in [0.05, 0.1) is 23.9 Å². The van der Waals surface area contributed by atoms with E-state index >= 15 is 0 Å². The fourth-order valence-corrected chi connectivity index (χ4v) is 5.19. The van der Waals surface area contributed by atoms with Crippen LogP contribution in [0.4, 0.5) is 5.82 Å². The van der Waals surface area contributed by atoms with Crippen LogP contribution in [0.3, 0.4) is 0 Å². The zero-order valence-electron chi connectivity index (χ0n) is 17.1. The van der Waals surface area contributed by atoms with Crippen LogP contribution in [-0.4, -0.2) is 54.9 Å². The molecule has 0 aliphatic heterocycles. The lowest BCUT2D eigenvalue weighted by atomic mass is 9.98. The van der Waals surface area contributed by atoms with E-state index in [0.29, 0.717) is 29.9 Å². The zero-order chi connectivity index (χ0) is 21.9. The number of aromatic nitrogens is 4. The topological polar surface area (TPSA) is 125 Å². The molecule has 5 atom stereocenters. The maximum Gasteiger partial charge on any atom is 0.229 e. The second kappa shape index (κ2) is 7.15. The van der Waals surface area contributed by atoms with Crippen LogP contribution in [0.25, 0.3) is 11.2 Å². The summed E-state index contributed by atoms with van der Waals surface area (Å²) in [6, 6.07) is 7.58. The van der Waals surface area contributed by atoms with Gasteiger partial charge in [-0.2, -0.15) is 9.97 Å². The fourth-order valence-electron chi connectivity index (χ4n) is 5.03. The van der Waals surface area contributed by atoms with Gasteiger partial charge in [-0.25, -0.2) is 4.98 Å². The number of hydrogen-bond acceptors (Lipinski definition) is 7. The highest BCUT2D eigenvalue weighted by Gasteiger charge is 2.75. The SMILES string of the molecule is CNC(=O)C12CC1C(n1cnc3c(NCc4cccc(C)c4)nc(Cl)nc31)C(O)C2O. The number of imidazole rings is 1. The van der Waals surface area contributed by atoms with Crippen molar-refractivity contribution in [2.75, 3.05) is 12.4 Å². The summed E-state index contributed by atoms with van der Waals surface area (Å²) in [5.74, 6) is 0.00749. The molecular formula is C21H23ClN6O3. The summed E-state index contributed by atoms with van der Waals surface area (Å²) in [4.78, 5) is 25.5. The molecule has 10 heteroatoms. The first-order chi connectivity index (χ1) is 14.9. The molecule has 31 heavy (non-hydrogen) atoms. The van der Waals surface area contributed by atoms with Crippen molar-refractivity contribution < 1.29 is 15.0 Å². The molecule has 2 fully saturated rings. The molecule has 162 valence electrons. The van der Waals surface area contributed by atoms with Gasteiger partial charge < -0.3 is 25.4 Å². The molecule has 5 unspecified atom stereocenters. The van der Waals surface area contributed by atoms with Gasteiger partial charge in [0.25, 0.3) is 0 Å². The van der Waals surface area contributed by atoms with Crippen molar-refractivity contribution >= 4 is 34.5 Å². The van der Waals surface area contributed by atoms with Crippen molar-refractivity contribution in [3.63, 3.8) is 0 Å². The standard InChI is InChI=1S/C21H23ClN6O3/c1-10-4-3-5-11(6-10)8-24-17-13-18(27-20(22)26-17)28(9-25-13)14-12-7-21(12,19(31)23-2)16(30)15(14)29/h3-6,9,12,14-16,29-30H,7-8H2,1-2H3,(H,23,31)(H,24,26,27). The molecule has 3 aromatic rings. The van der Waals surface area contributed by atoms with Crippen molar-refractivity contribution in [3.8, 4) is 0 Å². The minimum atomic E-state index is -1.16. The summed E-state index contributed by atoms with van der Waals surface area (Å²) in [6.07, 6.45) is -0.221. The number of aliphatic hydroxyl groups is 2. The number of anilines is 1. The number of benzene rings is 1. The molecular weight excluding hydrogens is 420 g/mol. The van der Waals surface area contributed by atoms with Gasteiger partial charge in [0, 0.05) is 19.5 Å². The number of rotatable bonds is 5. The summed E-state index contributed by atoms with van der Waals surface area (Å²) in [5.41, 5.74) is 2.23. The Morgan fingerprint density at radius 2 is 2.16 bits per heavy atom. The van der Waals surface area contributed by atoms with Gasteiger partial charge in [-0.15, -0.1) is 0 Å². The molecule has 2 heterocycles. The Labute approximate surface area is 183 Å². The van der Waals surface area contributed by atoms with E-state index < -0.39 is 23.7 Å². The first-order valence-electron chi connectivity index (χ1n) is 10.1. The molecule has 0 spiro atoms. The van der Waals surface area contributed by atoms with Gasteiger partial charge >= 0.3 is 0 Å². The minimum Gasteiger partial charge on any atom is -0.389 e. The van der Waals surface area contributed by atoms with E-state index in [1.54, 1.807) is 10.9 Å². The monoisotopic (exact) mass is 442 g/mol. The second-order valence-corrected chi connectivity index (χ2v) is 8.70. The quantitative estimate of drug-likeness (QED) is 0.440. The van der Waals surface area contributed by atoms with Crippen LogP contribution >= 0.6 is 11.6 Å². The highest BCUT2D eigenvalue weighted by Crippen LogP contribution is 2.67. The number of aliphatic hydroxyl groups excluding tert-OH is 2. The number of halogens is 1. The average molecular weight is 443 g/mol. The Morgan fingerprint density at radius 3 is 2.90 bits per heavy atom. The van der Waals surface area contributed by atoms with E-state index in [9.17, 15) is 15.0 Å². The van der Waals surface area contributed by atoms with Crippen molar-refractivity contribution in [1.29, 1.82) is 0 Å². The first-order valence-corrected chi connectivity index (χ1v) is 10.5. The van der Waals surface area contributed by atoms with E-state index in [1.807, 2.05) is 25.1 Å². The predicted molar refractivity (Wildman–Crippen MR) is 114 cm³/mol. The number of carbonyl (C=O) groups is 1. The fraction of sp³-hybridized carbons (Fsp3) is 0.429. The Morgan fingerprint density at radius 1 is 1.35 bits per heavy atom. The van der Waals surface area contributed by atoms with E-state index in [-0.39, 0.29) is 17.1 Å². The van der Waals surface area contributed by atoms with Crippen molar-refractivity contribution in [1.82, 2.24) is 24.8 Å². The van der Waals surface area contributed by atoms with Crippen molar-refractivity contribution in [2.24, 2.45) is 11.3 Å². The number of fused-ring (bicyclic) bond motifs is 2. The minimum absolute atomic E-state index is 0.0439. The highest BCUT2D eigenvalue weighted by molar-refractivity contribution is 6.28. The molecule has 2 aliphatic carbocycles. The maximum absolute atomic E-state index is 12.4. The van der Waals surface area contributed by atoms with Crippen LogP contribution in [0.15, 0.2) is 30.6 Å². The Hall–Kier alpha value is -2.75. The number of amides is 1. The number of aryl methyl sites for hydroxylation is 1. The van der Waals surface area contributed by atoms with Crippen LogP contribution in [0, 0.1) is 18.3 Å². The van der Waals surface area contributed by atoms with E-state index in [0.717, 1.165) is 11.1 Å². The zero-order valence-corrected chi connectivity index (χ0v) is 17.8. The number of nitrogens with zero attached hydrogens (tertiary/aromatic N) is 4. The third-order valence-electron chi connectivity index (χ3n) is 6.58. The maximum atomic E-state index is 12.4. The smallest absolute Gasteiger partial charge is 0.229 e. The van der Waals surface area contributed by atoms with Crippen LogP contribution in [0.5, 0.6) is 0 Å². The van der Waals surface area contributed by atoms with Gasteiger partial charge in [0.15, 0.2) is 17.0 Å². The molecule has 4 N–H and O–H groups in total. The molecule has 9 nitrogen and oxygen atoms in total. The highest BCUT2D eigenvalue weighted by atomic mass is 35.5. The average Bonchev–Trinajstić information content (AvgIpc) is 3.29. The van der Waals surface area contributed by atoms with Gasteiger partial charge in [-0.1, -0.05) is 29.8 Å². The largest absolute Gasteiger partial charge is 0.389 e. The number of nitrogens with one attached hydrogen (secondary N) is 2. The Bertz CT molecular complexity index is 1180. The normalized spacial score (nSPS) is 29.1. The Balaban J connectivity index is 1.49. The summed E-state index contributed by atoms with van der Waals surface area (Å²) < 4.78 is 1.71. The molecule has 1 aromatic carbocycles. The molecule has 1 amide bonds. The molecule has 2 saturated carbocycles. The lowest BCUT2D eigenvalue weighted by Crippen LogP contribution is -2.41. The van der Waals surface area contributed by atoms with E-state index in [2.05, 4.69) is 31.7 Å². The molecule has 5 rings (SSSR count). The van der Waals surface area contributed by atoms with Gasteiger partial charge in [0.1, 0.15) is 6.10 Å². The van der Waals surface area contributed by atoms with Gasteiger partial charge in [-0.3, -0.25) is 4.79 Å². The molecule has 0 bridgehead atoms. The summed E-state index contributed by atoms with van der Waals surface area (Å²) in [6.45, 7) is 2.56. The van der Waals surface area contributed by atoms with Gasteiger partial charge in [0.2, 0.25) is 11.2 Å². The molecule has 0 radical (unpaired) electrons. The predicted octanol–water partition coefficient (Wildman–Crippen LogP) is 1.43. The van der Waals surface area contributed by atoms with Crippen LogP contribution < -0.4 is 10.6 Å². The third-order valence-corrected chi connectivity index (χ3v) is 6.75. The van der Waals surface area contributed by atoms with Crippen LogP contribution in [-0.2, 0) is 11.3 Å². The lowest BCUT2D eigenvalue weighted by Gasteiger charge is -2.23. The number of hydrogen-bond donors (Lipinski definition) is 4. The van der Waals surface area contributed by atoms with Crippen LogP contribution in [0.2, 0.25) is 5.28 Å². The third kappa shape index (κ3) is 2.99. The van der Waals surface area contributed by atoms with Gasteiger partial charge in [-0.05, 0) is 30.5 Å². The number of carbonyl (C=O) groups excluding carboxylic acids is 1. The summed E-state index contributed by atoms with van der Waals surface area (Å²) >= 11 is 6.20. The Kier molecular flexibility index (Phi) is 4.65. The lowest BCUT2D eigenvalue weighted by molar-refractivity contribution is -0.132. The second-order valence-electron chi connectivity index (χ2n) is 8.36.